The van der Waals surface area contributed by atoms with Crippen molar-refractivity contribution >= 4 is 27.5 Å². The van der Waals surface area contributed by atoms with E-state index >= 15 is 0 Å². The zero-order valence-corrected chi connectivity index (χ0v) is 26.0. The van der Waals surface area contributed by atoms with Crippen LogP contribution in [0.25, 0.3) is 0 Å². The van der Waals surface area contributed by atoms with Gasteiger partial charge in [0, 0.05) is 18.7 Å². The Kier molecular flexibility index (Phi) is 11.4. The van der Waals surface area contributed by atoms with Crippen LogP contribution in [0.3, 0.4) is 0 Å². The molecule has 2 atom stereocenters. The van der Waals surface area contributed by atoms with Gasteiger partial charge in [0.15, 0.2) is 0 Å². The molecule has 42 heavy (non-hydrogen) atoms. The van der Waals surface area contributed by atoms with Crippen LogP contribution in [0.15, 0.2) is 77.7 Å². The van der Waals surface area contributed by atoms with Gasteiger partial charge >= 0.3 is 0 Å². The summed E-state index contributed by atoms with van der Waals surface area (Å²) in [7, 11) is -1.11. The van der Waals surface area contributed by atoms with Crippen molar-refractivity contribution in [3.8, 4) is 11.5 Å². The third-order valence-corrected chi connectivity index (χ3v) is 8.92. The van der Waals surface area contributed by atoms with Crippen LogP contribution in [0.5, 0.6) is 11.5 Å². The topological polar surface area (TPSA) is 105 Å². The molecular weight excluding hydrogens is 554 g/mol. The number of sulfonamides is 1. The maximum atomic E-state index is 14.2. The van der Waals surface area contributed by atoms with Crippen molar-refractivity contribution in [3.63, 3.8) is 0 Å². The van der Waals surface area contributed by atoms with Gasteiger partial charge in [-0.1, -0.05) is 49.7 Å². The van der Waals surface area contributed by atoms with Gasteiger partial charge in [0.25, 0.3) is 10.0 Å². The van der Waals surface area contributed by atoms with E-state index in [9.17, 15) is 18.0 Å². The van der Waals surface area contributed by atoms with E-state index in [4.69, 9.17) is 9.47 Å². The highest BCUT2D eigenvalue weighted by molar-refractivity contribution is 7.92. The highest BCUT2D eigenvalue weighted by Gasteiger charge is 2.34. The summed E-state index contributed by atoms with van der Waals surface area (Å²) >= 11 is 0. The molecule has 0 heterocycles. The second-order valence-electron chi connectivity index (χ2n) is 10.1. The number of ether oxygens (including phenoxy) is 2. The average Bonchev–Trinajstić information content (AvgIpc) is 2.99. The number of aryl methyl sites for hydroxylation is 1. The minimum absolute atomic E-state index is 0.0481. The Bertz CT molecular complexity index is 1440. The SMILES string of the molecule is CCC(C)NC(=O)C(CC)N(Cc1ccc(OC)cc1)C(=O)CN(c1cccc(OC)c1)S(=O)(=O)c1ccc(C)cc1. The molecule has 1 N–H and O–H groups in total. The van der Waals surface area contributed by atoms with Crippen LogP contribution >= 0.6 is 0 Å². The van der Waals surface area contributed by atoms with Crippen LogP contribution in [0, 0.1) is 6.92 Å². The molecule has 3 aromatic rings. The van der Waals surface area contributed by atoms with Crippen molar-refractivity contribution in [3.05, 3.63) is 83.9 Å². The summed E-state index contributed by atoms with van der Waals surface area (Å²) < 4.78 is 39.7. The smallest absolute Gasteiger partial charge is 0.264 e. The Morgan fingerprint density at radius 1 is 0.881 bits per heavy atom. The fraction of sp³-hybridized carbons (Fsp3) is 0.375. The van der Waals surface area contributed by atoms with Crippen LogP contribution in [0.1, 0.15) is 44.7 Å². The standard InChI is InChI=1S/C32H41N3O6S/c1-7-24(4)33-32(37)30(8-2)34(21-25-14-16-27(40-5)17-15-25)31(36)22-35(26-10-9-11-28(20-26)41-6)42(38,39)29-18-12-23(3)13-19-29/h9-20,24,30H,7-8,21-22H2,1-6H3,(H,33,37). The van der Waals surface area contributed by atoms with Gasteiger partial charge in [-0.3, -0.25) is 13.9 Å². The maximum Gasteiger partial charge on any atom is 0.264 e. The zero-order chi connectivity index (χ0) is 30.9. The lowest BCUT2D eigenvalue weighted by atomic mass is 10.1. The van der Waals surface area contributed by atoms with E-state index in [2.05, 4.69) is 5.32 Å². The normalized spacial score (nSPS) is 12.6. The summed E-state index contributed by atoms with van der Waals surface area (Å²) in [4.78, 5) is 29.1. The number of amides is 2. The van der Waals surface area contributed by atoms with Crippen LogP contribution in [-0.4, -0.2) is 58.0 Å². The van der Waals surface area contributed by atoms with Crippen LogP contribution in [0.4, 0.5) is 5.69 Å². The molecule has 0 radical (unpaired) electrons. The number of methoxy groups -OCH3 is 2. The third-order valence-electron chi connectivity index (χ3n) is 7.13. The molecule has 2 amide bonds. The van der Waals surface area contributed by atoms with E-state index in [0.717, 1.165) is 21.9 Å². The Morgan fingerprint density at radius 2 is 1.52 bits per heavy atom. The number of carbonyl (C=O) groups is 2. The van der Waals surface area contributed by atoms with Crippen molar-refractivity contribution in [2.45, 2.75) is 64.1 Å². The fourth-order valence-electron chi connectivity index (χ4n) is 4.42. The molecule has 3 aromatic carbocycles. The second kappa shape index (κ2) is 14.7. The first-order valence-corrected chi connectivity index (χ1v) is 15.4. The van der Waals surface area contributed by atoms with Gasteiger partial charge in [-0.25, -0.2) is 8.42 Å². The van der Waals surface area contributed by atoms with Gasteiger partial charge in [0.05, 0.1) is 24.8 Å². The van der Waals surface area contributed by atoms with Crippen molar-refractivity contribution in [1.29, 1.82) is 0 Å². The number of benzene rings is 3. The summed E-state index contributed by atoms with van der Waals surface area (Å²) in [6.07, 6.45) is 1.07. The lowest BCUT2D eigenvalue weighted by molar-refractivity contribution is -0.140. The molecule has 2 unspecified atom stereocenters. The maximum absolute atomic E-state index is 14.2. The number of anilines is 1. The second-order valence-corrected chi connectivity index (χ2v) is 12.0. The molecule has 0 aromatic heterocycles. The molecule has 0 saturated heterocycles. The first kappa shape index (κ1) is 32.5. The number of hydrogen-bond acceptors (Lipinski definition) is 6. The molecule has 0 bridgehead atoms. The molecule has 0 aliphatic rings. The molecule has 10 heteroatoms. The first-order valence-electron chi connectivity index (χ1n) is 14.0. The monoisotopic (exact) mass is 595 g/mol. The lowest BCUT2D eigenvalue weighted by Gasteiger charge is -2.33. The minimum Gasteiger partial charge on any atom is -0.497 e. The highest BCUT2D eigenvalue weighted by Crippen LogP contribution is 2.28. The minimum atomic E-state index is -4.17. The molecule has 9 nitrogen and oxygen atoms in total. The Morgan fingerprint density at radius 3 is 2.10 bits per heavy atom. The number of carbonyl (C=O) groups excluding carboxylic acids is 2. The van der Waals surface area contributed by atoms with E-state index < -0.39 is 28.5 Å². The van der Waals surface area contributed by atoms with Gasteiger partial charge in [-0.05, 0) is 68.7 Å². The molecule has 3 rings (SSSR count). The molecule has 0 aliphatic carbocycles. The van der Waals surface area contributed by atoms with E-state index in [1.807, 2.05) is 39.8 Å². The summed E-state index contributed by atoms with van der Waals surface area (Å²) in [6.45, 7) is 7.15. The third kappa shape index (κ3) is 8.03. The number of rotatable bonds is 14. The molecule has 0 fully saturated rings. The predicted molar refractivity (Wildman–Crippen MR) is 164 cm³/mol. The van der Waals surface area contributed by atoms with Gasteiger partial charge in [0.2, 0.25) is 11.8 Å². The van der Waals surface area contributed by atoms with E-state index in [1.54, 1.807) is 55.6 Å². The first-order chi connectivity index (χ1) is 20.0. The van der Waals surface area contributed by atoms with Crippen LogP contribution in [0.2, 0.25) is 0 Å². The quantitative estimate of drug-likeness (QED) is 0.283. The van der Waals surface area contributed by atoms with E-state index in [1.165, 1.54) is 24.1 Å². The Balaban J connectivity index is 2.07. The van der Waals surface area contributed by atoms with Crippen molar-refractivity contribution < 1.29 is 27.5 Å². The van der Waals surface area contributed by atoms with Crippen LogP contribution in [-0.2, 0) is 26.2 Å². The number of hydrogen-bond donors (Lipinski definition) is 1. The number of nitrogens with one attached hydrogen (secondary N) is 1. The summed E-state index contributed by atoms with van der Waals surface area (Å²) in [6, 6.07) is 19.3. The van der Waals surface area contributed by atoms with Crippen molar-refractivity contribution in [1.82, 2.24) is 10.2 Å². The number of nitrogens with zero attached hydrogens (tertiary/aromatic N) is 2. The van der Waals surface area contributed by atoms with Gasteiger partial charge in [0.1, 0.15) is 24.1 Å². The fourth-order valence-corrected chi connectivity index (χ4v) is 5.83. The Hall–Kier alpha value is -4.05. The van der Waals surface area contributed by atoms with E-state index in [-0.39, 0.29) is 29.1 Å². The summed E-state index contributed by atoms with van der Waals surface area (Å²) in [5.74, 6) is 0.295. The summed E-state index contributed by atoms with van der Waals surface area (Å²) in [5, 5.41) is 2.98. The van der Waals surface area contributed by atoms with Gasteiger partial charge < -0.3 is 19.7 Å². The molecule has 0 spiro atoms. The largest absolute Gasteiger partial charge is 0.497 e. The van der Waals surface area contributed by atoms with Crippen LogP contribution < -0.4 is 19.1 Å². The zero-order valence-electron chi connectivity index (χ0n) is 25.2. The lowest BCUT2D eigenvalue weighted by Crippen LogP contribution is -2.53. The van der Waals surface area contributed by atoms with Crippen molar-refractivity contribution in [2.24, 2.45) is 0 Å². The van der Waals surface area contributed by atoms with Gasteiger partial charge in [-0.15, -0.1) is 0 Å². The van der Waals surface area contributed by atoms with E-state index in [0.29, 0.717) is 17.9 Å². The molecule has 0 saturated carbocycles. The molecule has 226 valence electrons. The predicted octanol–water partition coefficient (Wildman–Crippen LogP) is 4.93. The molecular formula is C32H41N3O6S. The Labute approximate surface area is 249 Å². The average molecular weight is 596 g/mol. The van der Waals surface area contributed by atoms with Crippen molar-refractivity contribution in [2.75, 3.05) is 25.1 Å². The highest BCUT2D eigenvalue weighted by atomic mass is 32.2. The van der Waals surface area contributed by atoms with Gasteiger partial charge in [-0.2, -0.15) is 0 Å². The molecule has 0 aliphatic heterocycles. The summed E-state index contributed by atoms with van der Waals surface area (Å²) in [5.41, 5.74) is 1.94.